The molecular weight excluding hydrogens is 292 g/mol. The van der Waals surface area contributed by atoms with Gasteiger partial charge in [-0.2, -0.15) is 11.3 Å². The number of nitrogens with zero attached hydrogens (tertiary/aromatic N) is 2. The minimum atomic E-state index is 0.510. The first-order valence-corrected chi connectivity index (χ1v) is 9.36. The van der Waals surface area contributed by atoms with Gasteiger partial charge in [0, 0.05) is 26.7 Å². The molecule has 124 valence electrons. The van der Waals surface area contributed by atoms with Crippen molar-refractivity contribution in [3.05, 3.63) is 22.4 Å². The van der Waals surface area contributed by atoms with E-state index in [4.69, 9.17) is 0 Å². The lowest BCUT2D eigenvalue weighted by Crippen LogP contribution is -2.41. The van der Waals surface area contributed by atoms with Crippen molar-refractivity contribution in [2.45, 2.75) is 32.6 Å². The lowest BCUT2D eigenvalue weighted by atomic mass is 10.1. The van der Waals surface area contributed by atoms with Crippen molar-refractivity contribution in [2.24, 2.45) is 10.9 Å². The Balaban J connectivity index is 1.67. The molecule has 0 radical (unpaired) electrons. The van der Waals surface area contributed by atoms with Crippen LogP contribution in [0.3, 0.4) is 0 Å². The second-order valence-electron chi connectivity index (χ2n) is 6.25. The summed E-state index contributed by atoms with van der Waals surface area (Å²) in [5.41, 5.74) is 1.40. The van der Waals surface area contributed by atoms with Crippen molar-refractivity contribution in [3.63, 3.8) is 0 Å². The largest absolute Gasteiger partial charge is 0.356 e. The summed E-state index contributed by atoms with van der Waals surface area (Å²) in [7, 11) is 1.85. The number of rotatable bonds is 7. The lowest BCUT2D eigenvalue weighted by molar-refractivity contribution is 0.324. The zero-order valence-corrected chi connectivity index (χ0v) is 15.0. The Labute approximate surface area is 139 Å². The summed E-state index contributed by atoms with van der Waals surface area (Å²) in [4.78, 5) is 6.91. The number of likely N-dealkylation sites (tertiary alicyclic amines) is 1. The minimum Gasteiger partial charge on any atom is -0.356 e. The molecule has 1 aromatic heterocycles. The predicted octanol–water partition coefficient (Wildman–Crippen LogP) is 2.75. The molecule has 0 aliphatic carbocycles. The van der Waals surface area contributed by atoms with Crippen molar-refractivity contribution in [3.8, 4) is 0 Å². The Kier molecular flexibility index (Phi) is 7.19. The zero-order chi connectivity index (χ0) is 15.8. The number of hydrogen-bond acceptors (Lipinski definition) is 3. The summed E-state index contributed by atoms with van der Waals surface area (Å²) < 4.78 is 0. The maximum Gasteiger partial charge on any atom is 0.191 e. The molecule has 0 spiro atoms. The van der Waals surface area contributed by atoms with Gasteiger partial charge in [0.05, 0.1) is 0 Å². The van der Waals surface area contributed by atoms with Crippen molar-refractivity contribution < 1.29 is 0 Å². The fourth-order valence-corrected chi connectivity index (χ4v) is 3.77. The number of guanidine groups is 1. The molecule has 2 heterocycles. The van der Waals surface area contributed by atoms with Crippen molar-refractivity contribution in [2.75, 3.05) is 39.8 Å². The van der Waals surface area contributed by atoms with E-state index in [1.807, 2.05) is 7.05 Å². The first kappa shape index (κ1) is 17.3. The van der Waals surface area contributed by atoms with E-state index in [1.165, 1.54) is 38.0 Å². The van der Waals surface area contributed by atoms with Gasteiger partial charge in [-0.1, -0.05) is 13.8 Å². The minimum absolute atomic E-state index is 0.510. The van der Waals surface area contributed by atoms with E-state index in [0.29, 0.717) is 5.92 Å². The highest BCUT2D eigenvalue weighted by Gasteiger charge is 2.21. The molecule has 0 bridgehead atoms. The summed E-state index contributed by atoms with van der Waals surface area (Å²) >= 11 is 1.76. The normalized spacial score (nSPS) is 21.0. The second-order valence-corrected chi connectivity index (χ2v) is 7.03. The average Bonchev–Trinajstić information content (AvgIpc) is 3.19. The molecule has 2 atom stereocenters. The monoisotopic (exact) mass is 322 g/mol. The molecule has 2 unspecified atom stereocenters. The zero-order valence-electron chi connectivity index (χ0n) is 14.1. The predicted molar refractivity (Wildman–Crippen MR) is 96.9 cm³/mol. The Morgan fingerprint density at radius 2 is 2.36 bits per heavy atom. The Morgan fingerprint density at radius 3 is 3.05 bits per heavy atom. The summed E-state index contributed by atoms with van der Waals surface area (Å²) in [6.45, 7) is 10.2. The van der Waals surface area contributed by atoms with E-state index in [9.17, 15) is 0 Å². The van der Waals surface area contributed by atoms with E-state index in [1.54, 1.807) is 11.3 Å². The van der Waals surface area contributed by atoms with Crippen LogP contribution in [0.4, 0.5) is 0 Å². The van der Waals surface area contributed by atoms with Gasteiger partial charge < -0.3 is 15.5 Å². The summed E-state index contributed by atoms with van der Waals surface area (Å²) in [6, 6.07) is 2.20. The lowest BCUT2D eigenvalue weighted by Gasteiger charge is -2.18. The molecule has 0 saturated carbocycles. The molecule has 2 N–H and O–H groups in total. The highest BCUT2D eigenvalue weighted by atomic mass is 32.1. The smallest absolute Gasteiger partial charge is 0.191 e. The standard InChI is InChI=1S/C17H30N4S/c1-4-7-21-8-5-15(12-21)11-20-17(18-3)19-10-14(2)16-6-9-22-13-16/h6,9,13-15H,4-5,7-8,10-12H2,1-3H3,(H2,18,19,20). The third-order valence-corrected chi connectivity index (χ3v) is 5.08. The van der Waals surface area contributed by atoms with Gasteiger partial charge in [-0.05, 0) is 60.2 Å². The molecule has 22 heavy (non-hydrogen) atoms. The van der Waals surface area contributed by atoms with Crippen LogP contribution in [-0.4, -0.2) is 50.6 Å². The van der Waals surface area contributed by atoms with Crippen molar-refractivity contribution >= 4 is 17.3 Å². The maximum atomic E-state index is 4.34. The Bertz CT molecular complexity index is 444. The van der Waals surface area contributed by atoms with Crippen LogP contribution in [0.1, 0.15) is 38.2 Å². The van der Waals surface area contributed by atoms with Crippen molar-refractivity contribution in [1.82, 2.24) is 15.5 Å². The van der Waals surface area contributed by atoms with Crippen LogP contribution in [-0.2, 0) is 0 Å². The van der Waals surface area contributed by atoms with Gasteiger partial charge in [-0.25, -0.2) is 0 Å². The first-order chi connectivity index (χ1) is 10.7. The van der Waals surface area contributed by atoms with Crippen LogP contribution in [0.5, 0.6) is 0 Å². The van der Waals surface area contributed by atoms with Gasteiger partial charge in [0.15, 0.2) is 5.96 Å². The van der Waals surface area contributed by atoms with Crippen LogP contribution in [0.2, 0.25) is 0 Å². The van der Waals surface area contributed by atoms with E-state index >= 15 is 0 Å². The second kappa shape index (κ2) is 9.16. The molecule has 1 fully saturated rings. The number of thiophene rings is 1. The number of hydrogen-bond donors (Lipinski definition) is 2. The van der Waals surface area contributed by atoms with Gasteiger partial charge in [0.25, 0.3) is 0 Å². The van der Waals surface area contributed by atoms with Gasteiger partial charge in [-0.3, -0.25) is 4.99 Å². The maximum absolute atomic E-state index is 4.34. The topological polar surface area (TPSA) is 39.7 Å². The van der Waals surface area contributed by atoms with Crippen LogP contribution >= 0.6 is 11.3 Å². The molecule has 1 aromatic rings. The molecule has 0 aromatic carbocycles. The summed E-state index contributed by atoms with van der Waals surface area (Å²) in [5.74, 6) is 2.19. The molecule has 2 rings (SSSR count). The fourth-order valence-electron chi connectivity index (χ4n) is 2.98. The van der Waals surface area contributed by atoms with Gasteiger partial charge in [0.2, 0.25) is 0 Å². The molecule has 5 heteroatoms. The fraction of sp³-hybridized carbons (Fsp3) is 0.706. The highest BCUT2D eigenvalue weighted by molar-refractivity contribution is 7.07. The van der Waals surface area contributed by atoms with Gasteiger partial charge in [0.1, 0.15) is 0 Å². The third-order valence-electron chi connectivity index (χ3n) is 4.38. The van der Waals surface area contributed by atoms with Crippen LogP contribution in [0, 0.1) is 5.92 Å². The molecule has 4 nitrogen and oxygen atoms in total. The van der Waals surface area contributed by atoms with E-state index in [2.05, 4.69) is 51.2 Å². The quantitative estimate of drug-likeness (QED) is 0.599. The van der Waals surface area contributed by atoms with Crippen LogP contribution in [0.15, 0.2) is 21.8 Å². The van der Waals surface area contributed by atoms with Crippen molar-refractivity contribution in [1.29, 1.82) is 0 Å². The van der Waals surface area contributed by atoms with Gasteiger partial charge >= 0.3 is 0 Å². The average molecular weight is 323 g/mol. The molecule has 0 amide bonds. The molecule has 1 aliphatic rings. The SMILES string of the molecule is CCCN1CCC(CNC(=NC)NCC(C)c2ccsc2)C1. The summed E-state index contributed by atoms with van der Waals surface area (Å²) in [6.07, 6.45) is 2.55. The molecule has 1 saturated heterocycles. The summed E-state index contributed by atoms with van der Waals surface area (Å²) in [5, 5.41) is 11.3. The van der Waals surface area contributed by atoms with E-state index < -0.39 is 0 Å². The third kappa shape index (κ3) is 5.29. The van der Waals surface area contributed by atoms with Gasteiger partial charge in [-0.15, -0.1) is 0 Å². The highest BCUT2D eigenvalue weighted by Crippen LogP contribution is 2.17. The Hall–Kier alpha value is -1.07. The Morgan fingerprint density at radius 1 is 1.50 bits per heavy atom. The van der Waals surface area contributed by atoms with E-state index in [0.717, 1.165) is 25.0 Å². The van der Waals surface area contributed by atoms with E-state index in [-0.39, 0.29) is 0 Å². The van der Waals surface area contributed by atoms with Crippen LogP contribution in [0.25, 0.3) is 0 Å². The first-order valence-electron chi connectivity index (χ1n) is 8.41. The van der Waals surface area contributed by atoms with Crippen LogP contribution < -0.4 is 10.6 Å². The molecule has 1 aliphatic heterocycles. The molecular formula is C17H30N4S. The number of nitrogens with one attached hydrogen (secondary N) is 2. The number of aliphatic imine (C=N–C) groups is 1.